The summed E-state index contributed by atoms with van der Waals surface area (Å²) in [5, 5.41) is 3.59. The maximum atomic E-state index is 12.4. The Morgan fingerprint density at radius 2 is 1.78 bits per heavy atom. The fourth-order valence-electron chi connectivity index (χ4n) is 3.01. The third kappa shape index (κ3) is 5.15. The van der Waals surface area contributed by atoms with Crippen molar-refractivity contribution in [2.24, 2.45) is 0 Å². The monoisotopic (exact) mass is 387 g/mol. The number of nitrogens with zero attached hydrogens (tertiary/aromatic N) is 2. The van der Waals surface area contributed by atoms with Crippen LogP contribution in [0.4, 0.5) is 11.4 Å². The van der Waals surface area contributed by atoms with E-state index in [9.17, 15) is 4.79 Å². The number of aryl methyl sites for hydroxylation is 1. The normalized spacial score (nSPS) is 16.1. The van der Waals surface area contributed by atoms with Gasteiger partial charge in [0.05, 0.1) is 0 Å². The van der Waals surface area contributed by atoms with E-state index in [0.29, 0.717) is 10.8 Å². The molecular weight excluding hydrogens is 362 g/mol. The van der Waals surface area contributed by atoms with Gasteiger partial charge in [0.25, 0.3) is 5.91 Å². The molecule has 0 spiro atoms. The molecule has 1 heterocycles. The van der Waals surface area contributed by atoms with Crippen molar-refractivity contribution in [3.05, 3.63) is 53.1 Å². The number of likely N-dealkylation sites (N-methyl/N-ethyl adjacent to an activating group) is 1. The Morgan fingerprint density at radius 3 is 2.41 bits per heavy atom. The van der Waals surface area contributed by atoms with Gasteiger partial charge < -0.3 is 19.9 Å². The highest BCUT2D eigenvalue weighted by atomic mass is 35.5. The highest BCUT2D eigenvalue weighted by molar-refractivity contribution is 6.31. The van der Waals surface area contributed by atoms with Crippen molar-refractivity contribution < 1.29 is 9.53 Å². The third-order valence-electron chi connectivity index (χ3n) is 4.81. The van der Waals surface area contributed by atoms with E-state index < -0.39 is 6.10 Å². The molecule has 5 nitrogen and oxygen atoms in total. The average molecular weight is 388 g/mol. The molecule has 1 saturated heterocycles. The summed E-state index contributed by atoms with van der Waals surface area (Å²) in [5.41, 5.74) is 2.86. The molecule has 1 atom stereocenters. The van der Waals surface area contributed by atoms with Crippen LogP contribution in [0.1, 0.15) is 12.5 Å². The van der Waals surface area contributed by atoms with E-state index in [1.807, 2.05) is 25.1 Å². The molecule has 0 saturated carbocycles. The number of hydrogen-bond acceptors (Lipinski definition) is 4. The van der Waals surface area contributed by atoms with Gasteiger partial charge in [0.15, 0.2) is 6.10 Å². The Bertz CT molecular complexity index is 787. The van der Waals surface area contributed by atoms with Crippen LogP contribution in [0, 0.1) is 6.92 Å². The molecular formula is C21H26ClN3O2. The number of amides is 1. The Morgan fingerprint density at radius 1 is 1.11 bits per heavy atom. The summed E-state index contributed by atoms with van der Waals surface area (Å²) >= 11 is 6.02. The smallest absolute Gasteiger partial charge is 0.265 e. The van der Waals surface area contributed by atoms with Crippen LogP contribution in [0.5, 0.6) is 5.75 Å². The molecule has 1 aliphatic rings. The van der Waals surface area contributed by atoms with Gasteiger partial charge in [0, 0.05) is 42.6 Å². The zero-order chi connectivity index (χ0) is 19.4. The first-order chi connectivity index (χ1) is 12.9. The zero-order valence-electron chi connectivity index (χ0n) is 16.0. The molecule has 0 aliphatic carbocycles. The van der Waals surface area contributed by atoms with Crippen LogP contribution in [0.2, 0.25) is 5.02 Å². The van der Waals surface area contributed by atoms with Crippen molar-refractivity contribution in [1.29, 1.82) is 0 Å². The highest BCUT2D eigenvalue weighted by Gasteiger charge is 2.17. The van der Waals surface area contributed by atoms with Crippen LogP contribution in [-0.2, 0) is 4.79 Å². The topological polar surface area (TPSA) is 44.8 Å². The predicted octanol–water partition coefficient (Wildman–Crippen LogP) is 3.81. The zero-order valence-corrected chi connectivity index (χ0v) is 16.8. The third-order valence-corrected chi connectivity index (χ3v) is 5.24. The van der Waals surface area contributed by atoms with Gasteiger partial charge >= 0.3 is 0 Å². The Hall–Kier alpha value is -2.24. The summed E-state index contributed by atoms with van der Waals surface area (Å²) in [5.74, 6) is 0.444. The van der Waals surface area contributed by atoms with Crippen molar-refractivity contribution >= 4 is 28.9 Å². The molecule has 2 aromatic rings. The average Bonchev–Trinajstić information content (AvgIpc) is 2.66. The molecule has 0 unspecified atom stereocenters. The van der Waals surface area contributed by atoms with Gasteiger partial charge in [-0.15, -0.1) is 0 Å². The van der Waals surface area contributed by atoms with E-state index in [0.717, 1.165) is 37.4 Å². The number of benzene rings is 2. The molecule has 144 valence electrons. The minimum Gasteiger partial charge on any atom is -0.481 e. The predicted molar refractivity (Wildman–Crippen MR) is 111 cm³/mol. The minimum absolute atomic E-state index is 0.185. The Kier molecular flexibility index (Phi) is 6.24. The van der Waals surface area contributed by atoms with Crippen LogP contribution in [0.15, 0.2) is 42.5 Å². The van der Waals surface area contributed by atoms with Gasteiger partial charge in [-0.3, -0.25) is 4.79 Å². The standard InChI is InChI=1S/C21H26ClN3O2/c1-15-14-19(8-9-20(15)22)27-16(2)21(26)23-17-4-6-18(7-5-17)25-12-10-24(3)11-13-25/h4-9,14,16H,10-13H2,1-3H3,(H,23,26)/t16-/m1/s1. The number of rotatable bonds is 5. The van der Waals surface area contributed by atoms with Gasteiger partial charge in [-0.05, 0) is 68.9 Å². The molecule has 0 radical (unpaired) electrons. The lowest BCUT2D eigenvalue weighted by Gasteiger charge is -2.34. The van der Waals surface area contributed by atoms with E-state index in [-0.39, 0.29) is 5.91 Å². The van der Waals surface area contributed by atoms with E-state index in [2.05, 4.69) is 34.3 Å². The van der Waals surface area contributed by atoms with Crippen molar-refractivity contribution in [2.75, 3.05) is 43.4 Å². The van der Waals surface area contributed by atoms with Crippen molar-refractivity contribution in [2.45, 2.75) is 20.0 Å². The maximum absolute atomic E-state index is 12.4. The minimum atomic E-state index is -0.608. The molecule has 27 heavy (non-hydrogen) atoms. The van der Waals surface area contributed by atoms with Gasteiger partial charge in [0.1, 0.15) is 5.75 Å². The molecule has 0 bridgehead atoms. The Labute approximate surface area is 165 Å². The second kappa shape index (κ2) is 8.63. The maximum Gasteiger partial charge on any atom is 0.265 e. The molecule has 1 amide bonds. The second-order valence-electron chi connectivity index (χ2n) is 7.00. The van der Waals surface area contributed by atoms with Crippen LogP contribution in [0.3, 0.4) is 0 Å². The number of anilines is 2. The first-order valence-electron chi connectivity index (χ1n) is 9.19. The highest BCUT2D eigenvalue weighted by Crippen LogP contribution is 2.23. The molecule has 6 heteroatoms. The number of ether oxygens (including phenoxy) is 1. The van der Waals surface area contributed by atoms with Crippen molar-refractivity contribution in [3.63, 3.8) is 0 Å². The summed E-state index contributed by atoms with van der Waals surface area (Å²) in [7, 11) is 2.14. The number of hydrogen-bond donors (Lipinski definition) is 1. The number of carbonyl (C=O) groups is 1. The van der Waals surface area contributed by atoms with Crippen molar-refractivity contribution in [1.82, 2.24) is 4.90 Å². The van der Waals surface area contributed by atoms with E-state index in [1.54, 1.807) is 19.1 Å². The number of halogens is 1. The fourth-order valence-corrected chi connectivity index (χ4v) is 3.13. The second-order valence-corrected chi connectivity index (χ2v) is 7.40. The molecule has 1 fully saturated rings. The molecule has 0 aromatic heterocycles. The largest absolute Gasteiger partial charge is 0.481 e. The van der Waals surface area contributed by atoms with E-state index >= 15 is 0 Å². The summed E-state index contributed by atoms with van der Waals surface area (Å²) < 4.78 is 5.73. The molecule has 2 aromatic carbocycles. The van der Waals surface area contributed by atoms with Crippen LogP contribution < -0.4 is 15.0 Å². The van der Waals surface area contributed by atoms with E-state index in [1.165, 1.54) is 5.69 Å². The lowest BCUT2D eigenvalue weighted by molar-refractivity contribution is -0.122. The molecule has 1 N–H and O–H groups in total. The summed E-state index contributed by atoms with van der Waals surface area (Å²) in [6.07, 6.45) is -0.608. The summed E-state index contributed by atoms with van der Waals surface area (Å²) in [6.45, 7) is 7.82. The van der Waals surface area contributed by atoms with Crippen molar-refractivity contribution in [3.8, 4) is 5.75 Å². The lowest BCUT2D eigenvalue weighted by Crippen LogP contribution is -2.44. The van der Waals surface area contributed by atoms with Gasteiger partial charge in [0.2, 0.25) is 0 Å². The Balaban J connectivity index is 1.56. The molecule has 3 rings (SSSR count). The van der Waals surface area contributed by atoms with Gasteiger partial charge in [-0.25, -0.2) is 0 Å². The molecule has 1 aliphatic heterocycles. The number of carbonyl (C=O) groups excluding carboxylic acids is 1. The summed E-state index contributed by atoms with van der Waals surface area (Å²) in [4.78, 5) is 17.1. The lowest BCUT2D eigenvalue weighted by atomic mass is 10.2. The van der Waals surface area contributed by atoms with Crippen LogP contribution >= 0.6 is 11.6 Å². The van der Waals surface area contributed by atoms with Gasteiger partial charge in [-0.2, -0.15) is 0 Å². The number of piperazine rings is 1. The van der Waals surface area contributed by atoms with Crippen LogP contribution in [-0.4, -0.2) is 50.1 Å². The number of nitrogens with one attached hydrogen (secondary N) is 1. The first-order valence-corrected chi connectivity index (χ1v) is 9.57. The van der Waals surface area contributed by atoms with Crippen LogP contribution in [0.25, 0.3) is 0 Å². The quantitative estimate of drug-likeness (QED) is 0.847. The van der Waals surface area contributed by atoms with E-state index in [4.69, 9.17) is 16.3 Å². The fraction of sp³-hybridized carbons (Fsp3) is 0.381. The SMILES string of the molecule is Cc1cc(O[C@H](C)C(=O)Nc2ccc(N3CCN(C)CC3)cc2)ccc1Cl. The summed E-state index contributed by atoms with van der Waals surface area (Å²) in [6, 6.07) is 13.3. The first kappa shape index (κ1) is 19.5. The van der Waals surface area contributed by atoms with Gasteiger partial charge in [-0.1, -0.05) is 11.6 Å².